The van der Waals surface area contributed by atoms with Gasteiger partial charge >= 0.3 is 0 Å². The summed E-state index contributed by atoms with van der Waals surface area (Å²) in [4.78, 5) is 17.5. The second-order valence-electron chi connectivity index (χ2n) is 7.27. The van der Waals surface area contributed by atoms with E-state index < -0.39 is 11.6 Å². The van der Waals surface area contributed by atoms with Crippen LogP contribution in [0.3, 0.4) is 0 Å². The van der Waals surface area contributed by atoms with Gasteiger partial charge in [0.1, 0.15) is 11.6 Å². The second-order valence-corrected chi connectivity index (χ2v) is 7.27. The molecule has 2 aliphatic rings. The van der Waals surface area contributed by atoms with E-state index in [-0.39, 0.29) is 11.3 Å². The summed E-state index contributed by atoms with van der Waals surface area (Å²) in [6.07, 6.45) is 2.56. The van der Waals surface area contributed by atoms with Crippen molar-refractivity contribution in [2.24, 2.45) is 0 Å². The molecular weight excluding hydrogens is 346 g/mol. The summed E-state index contributed by atoms with van der Waals surface area (Å²) in [6, 6.07) is 9.67. The van der Waals surface area contributed by atoms with Gasteiger partial charge in [-0.2, -0.15) is 0 Å². The van der Waals surface area contributed by atoms with Crippen molar-refractivity contribution in [2.75, 3.05) is 38.1 Å². The Morgan fingerprint density at radius 2 is 1.67 bits per heavy atom. The number of nitrogens with zero attached hydrogens (tertiary/aromatic N) is 2. The number of anilines is 1. The Morgan fingerprint density at radius 3 is 2.37 bits per heavy atom. The number of halogens is 2. The van der Waals surface area contributed by atoms with Crippen molar-refractivity contribution < 1.29 is 13.6 Å². The van der Waals surface area contributed by atoms with Crippen LogP contribution in [0.1, 0.15) is 27.9 Å². The topological polar surface area (TPSA) is 23.6 Å². The van der Waals surface area contributed by atoms with Crippen molar-refractivity contribution in [1.29, 1.82) is 0 Å². The predicted octanol–water partition coefficient (Wildman–Crippen LogP) is 3.93. The first-order valence-electron chi connectivity index (χ1n) is 9.28. The van der Waals surface area contributed by atoms with E-state index in [4.69, 9.17) is 0 Å². The van der Waals surface area contributed by atoms with Crippen LogP contribution in [0, 0.1) is 11.6 Å². The van der Waals surface area contributed by atoms with Crippen molar-refractivity contribution in [1.82, 2.24) is 4.90 Å². The van der Waals surface area contributed by atoms with Crippen molar-refractivity contribution in [2.45, 2.75) is 12.8 Å². The fourth-order valence-electron chi connectivity index (χ4n) is 3.79. The number of piperazine rings is 1. The number of hydrogen-bond acceptors (Lipinski definition) is 3. The van der Waals surface area contributed by atoms with Gasteiger partial charge in [0.15, 0.2) is 5.78 Å². The Hall–Kier alpha value is -2.53. The highest BCUT2D eigenvalue weighted by Crippen LogP contribution is 2.31. The van der Waals surface area contributed by atoms with E-state index in [1.54, 1.807) is 0 Å². The van der Waals surface area contributed by atoms with Crippen LogP contribution >= 0.6 is 0 Å². The summed E-state index contributed by atoms with van der Waals surface area (Å²) < 4.78 is 27.8. The van der Waals surface area contributed by atoms with E-state index in [0.717, 1.165) is 37.4 Å². The standard InChI is InChI=1S/C22H22F2N2O/c1-25-9-11-26(12-10-25)17-7-8-18-15(13-17)5-6-16(22(18)27)14-19-20(23)3-2-4-21(19)24/h2-4,7-8,13-14H,5-6,9-12H2,1H3/b16-14+. The number of carbonyl (C=O) groups excluding carboxylic acids is 1. The number of allylic oxidation sites excluding steroid dienone is 1. The summed E-state index contributed by atoms with van der Waals surface area (Å²) in [5, 5.41) is 0. The van der Waals surface area contributed by atoms with Crippen molar-refractivity contribution >= 4 is 17.5 Å². The highest BCUT2D eigenvalue weighted by atomic mass is 19.1. The van der Waals surface area contributed by atoms with E-state index in [2.05, 4.69) is 22.9 Å². The minimum absolute atomic E-state index is 0.135. The Labute approximate surface area is 157 Å². The van der Waals surface area contributed by atoms with Gasteiger partial charge in [0.25, 0.3) is 0 Å². The largest absolute Gasteiger partial charge is 0.369 e. The highest BCUT2D eigenvalue weighted by molar-refractivity contribution is 6.13. The zero-order valence-corrected chi connectivity index (χ0v) is 15.3. The molecule has 0 unspecified atom stereocenters. The van der Waals surface area contributed by atoms with Crippen LogP contribution in [0.25, 0.3) is 6.08 Å². The van der Waals surface area contributed by atoms with E-state index in [1.165, 1.54) is 24.3 Å². The van der Waals surface area contributed by atoms with Crippen LogP contribution in [0.5, 0.6) is 0 Å². The van der Waals surface area contributed by atoms with Gasteiger partial charge in [-0.25, -0.2) is 8.78 Å². The van der Waals surface area contributed by atoms with Crippen LogP contribution in [0.4, 0.5) is 14.5 Å². The molecule has 4 rings (SSSR count). The smallest absolute Gasteiger partial charge is 0.189 e. The first-order chi connectivity index (χ1) is 13.0. The molecule has 3 nitrogen and oxygen atoms in total. The lowest BCUT2D eigenvalue weighted by Gasteiger charge is -2.34. The van der Waals surface area contributed by atoms with Crippen molar-refractivity contribution in [3.8, 4) is 0 Å². The van der Waals surface area contributed by atoms with Gasteiger partial charge in [-0.05, 0) is 61.9 Å². The molecule has 1 heterocycles. The molecule has 0 amide bonds. The molecule has 0 N–H and O–H groups in total. The van der Waals surface area contributed by atoms with E-state index in [0.29, 0.717) is 24.0 Å². The van der Waals surface area contributed by atoms with Crippen LogP contribution < -0.4 is 4.90 Å². The third-order valence-electron chi connectivity index (χ3n) is 5.48. The SMILES string of the molecule is CN1CCN(c2ccc3c(c2)CC/C(=C\c2c(F)cccc2F)C3=O)CC1. The van der Waals surface area contributed by atoms with Gasteiger partial charge in [0.2, 0.25) is 0 Å². The zero-order valence-electron chi connectivity index (χ0n) is 15.3. The van der Waals surface area contributed by atoms with Crippen LogP contribution in [0.2, 0.25) is 0 Å². The predicted molar refractivity (Wildman–Crippen MR) is 103 cm³/mol. The minimum Gasteiger partial charge on any atom is -0.369 e. The molecule has 0 spiro atoms. The third kappa shape index (κ3) is 3.52. The molecule has 1 aliphatic carbocycles. The van der Waals surface area contributed by atoms with Crippen molar-refractivity contribution in [3.63, 3.8) is 0 Å². The molecule has 1 saturated heterocycles. The maximum atomic E-state index is 13.9. The number of benzene rings is 2. The molecule has 0 atom stereocenters. The molecule has 1 aliphatic heterocycles. The molecule has 5 heteroatoms. The number of ketones is 1. The lowest BCUT2D eigenvalue weighted by molar-refractivity contribution is 0.102. The molecule has 1 fully saturated rings. The Kier molecular flexibility index (Phi) is 4.79. The number of fused-ring (bicyclic) bond motifs is 1. The molecule has 0 bridgehead atoms. The summed E-state index contributed by atoms with van der Waals surface area (Å²) in [5.74, 6) is -1.43. The molecular formula is C22H22F2N2O. The van der Waals surface area contributed by atoms with E-state index in [1.807, 2.05) is 12.1 Å². The molecule has 140 valence electrons. The van der Waals surface area contributed by atoms with Crippen molar-refractivity contribution in [3.05, 3.63) is 70.3 Å². The Bertz CT molecular complexity index is 894. The van der Waals surface area contributed by atoms with Crippen LogP contribution in [-0.4, -0.2) is 43.9 Å². The zero-order chi connectivity index (χ0) is 19.0. The maximum Gasteiger partial charge on any atom is 0.189 e. The Morgan fingerprint density at radius 1 is 0.963 bits per heavy atom. The summed E-state index contributed by atoms with van der Waals surface area (Å²) in [6.45, 7) is 4.00. The first-order valence-corrected chi connectivity index (χ1v) is 9.28. The fraction of sp³-hybridized carbons (Fsp3) is 0.318. The highest BCUT2D eigenvalue weighted by Gasteiger charge is 2.24. The normalized spacial score (nSPS) is 19.4. The van der Waals surface area contributed by atoms with Crippen LogP contribution in [0.15, 0.2) is 42.0 Å². The van der Waals surface area contributed by atoms with Crippen LogP contribution in [-0.2, 0) is 6.42 Å². The molecule has 27 heavy (non-hydrogen) atoms. The summed E-state index contributed by atoms with van der Waals surface area (Å²) in [5.41, 5.74) is 3.11. The van der Waals surface area contributed by atoms with Gasteiger partial charge in [-0.3, -0.25) is 4.79 Å². The third-order valence-corrected chi connectivity index (χ3v) is 5.48. The molecule has 0 radical (unpaired) electrons. The van der Waals surface area contributed by atoms with E-state index >= 15 is 0 Å². The van der Waals surface area contributed by atoms with Gasteiger partial charge in [-0.15, -0.1) is 0 Å². The minimum atomic E-state index is -0.647. The summed E-state index contributed by atoms with van der Waals surface area (Å²) in [7, 11) is 2.12. The number of aryl methyl sites for hydroxylation is 1. The molecule has 2 aromatic carbocycles. The first kappa shape index (κ1) is 17.9. The lowest BCUT2D eigenvalue weighted by Crippen LogP contribution is -2.44. The monoisotopic (exact) mass is 368 g/mol. The maximum absolute atomic E-state index is 13.9. The molecule has 0 saturated carbocycles. The summed E-state index contributed by atoms with van der Waals surface area (Å²) >= 11 is 0. The number of likely N-dealkylation sites (N-methyl/N-ethyl adjacent to an activating group) is 1. The second kappa shape index (κ2) is 7.24. The number of rotatable bonds is 2. The quantitative estimate of drug-likeness (QED) is 0.751. The van der Waals surface area contributed by atoms with Gasteiger partial charge in [0, 0.05) is 48.6 Å². The molecule has 2 aromatic rings. The number of carbonyl (C=O) groups is 1. The number of Topliss-reactive ketones (excluding diaryl/α,β-unsaturated/α-hetero) is 1. The van der Waals surface area contributed by atoms with Gasteiger partial charge < -0.3 is 9.80 Å². The Balaban J connectivity index is 1.61. The van der Waals surface area contributed by atoms with Gasteiger partial charge in [0.05, 0.1) is 0 Å². The number of hydrogen-bond donors (Lipinski definition) is 0. The lowest BCUT2D eigenvalue weighted by atomic mass is 9.85. The average molecular weight is 368 g/mol. The average Bonchev–Trinajstić information content (AvgIpc) is 2.67. The van der Waals surface area contributed by atoms with E-state index in [9.17, 15) is 13.6 Å². The van der Waals surface area contributed by atoms with Gasteiger partial charge in [-0.1, -0.05) is 6.07 Å². The molecule has 0 aromatic heterocycles. The fourth-order valence-corrected chi connectivity index (χ4v) is 3.79.